The molecule has 0 unspecified atom stereocenters. The van der Waals surface area contributed by atoms with Gasteiger partial charge < -0.3 is 14.2 Å². The van der Waals surface area contributed by atoms with E-state index in [2.05, 4.69) is 15.0 Å². The van der Waals surface area contributed by atoms with Gasteiger partial charge in [-0.15, -0.1) is 0 Å². The Hall–Kier alpha value is -3.98. The number of hydrogen-bond acceptors (Lipinski definition) is 7. The molecule has 9 heteroatoms. The number of thiazole rings is 1. The lowest BCUT2D eigenvalue weighted by Crippen LogP contribution is -2.49. The number of fused-ring (bicyclic) bond motifs is 1. The molecule has 33 heavy (non-hydrogen) atoms. The van der Waals surface area contributed by atoms with Crippen LogP contribution in [0, 0.1) is 0 Å². The molecule has 5 heterocycles. The summed E-state index contributed by atoms with van der Waals surface area (Å²) in [6.45, 7) is 2.66. The molecule has 0 spiro atoms. The highest BCUT2D eigenvalue weighted by Crippen LogP contribution is 2.28. The van der Waals surface area contributed by atoms with Gasteiger partial charge >= 0.3 is 0 Å². The topological polar surface area (TPSA) is 80.3 Å². The molecule has 0 bridgehead atoms. The van der Waals surface area contributed by atoms with Crippen LogP contribution in [0.4, 0.5) is 5.13 Å². The number of hydrogen-bond donors (Lipinski definition) is 0. The fraction of sp³-hybridized carbons (Fsp3) is 0.167. The normalized spacial score (nSPS) is 14.2. The van der Waals surface area contributed by atoms with Crippen LogP contribution in [0.1, 0.15) is 10.5 Å². The zero-order chi connectivity index (χ0) is 22.2. The first-order chi connectivity index (χ1) is 16.3. The van der Waals surface area contributed by atoms with E-state index in [0.29, 0.717) is 30.2 Å². The molecule has 0 N–H and O–H groups in total. The first-order valence-electron chi connectivity index (χ1n) is 10.7. The van der Waals surface area contributed by atoms with Gasteiger partial charge in [0.2, 0.25) is 0 Å². The zero-order valence-corrected chi connectivity index (χ0v) is 18.5. The highest BCUT2D eigenvalue weighted by atomic mass is 32.1. The minimum absolute atomic E-state index is 0.0465. The number of benzene rings is 1. The second-order valence-corrected chi connectivity index (χ2v) is 8.70. The van der Waals surface area contributed by atoms with Crippen LogP contribution in [0.25, 0.3) is 27.5 Å². The molecule has 0 atom stereocenters. The van der Waals surface area contributed by atoms with Gasteiger partial charge in [0.15, 0.2) is 10.9 Å². The third-order valence-corrected chi connectivity index (χ3v) is 6.74. The van der Waals surface area contributed by atoms with Gasteiger partial charge in [0.25, 0.3) is 5.91 Å². The summed E-state index contributed by atoms with van der Waals surface area (Å²) in [4.78, 5) is 27.7. The first-order valence-corrected chi connectivity index (χ1v) is 11.5. The molecule has 1 aromatic carbocycles. The fourth-order valence-corrected chi connectivity index (χ4v) is 4.96. The van der Waals surface area contributed by atoms with Crippen molar-refractivity contribution in [3.05, 3.63) is 78.8 Å². The van der Waals surface area contributed by atoms with Crippen molar-refractivity contribution in [1.29, 1.82) is 0 Å². The Morgan fingerprint density at radius 3 is 2.58 bits per heavy atom. The van der Waals surface area contributed by atoms with Crippen molar-refractivity contribution in [3.8, 4) is 17.1 Å². The standard InChI is InChI=1S/C24H20N6O2S/c31-23(28-11-13-29(14-12-28)24-26-18-8-4-10-25-22(18)33-24)20-16-19(21-9-5-15-32-21)27-30(20)17-6-2-1-3-7-17/h1-10,15-16H,11-14H2. The lowest BCUT2D eigenvalue weighted by molar-refractivity contribution is 0.0737. The third-order valence-electron chi connectivity index (χ3n) is 5.70. The highest BCUT2D eigenvalue weighted by molar-refractivity contribution is 7.21. The molecule has 1 aliphatic rings. The largest absolute Gasteiger partial charge is 0.463 e. The van der Waals surface area contributed by atoms with Crippen LogP contribution in [0.3, 0.4) is 0 Å². The Bertz CT molecular complexity index is 1370. The summed E-state index contributed by atoms with van der Waals surface area (Å²) in [5.41, 5.74) is 2.89. The van der Waals surface area contributed by atoms with Gasteiger partial charge in [0, 0.05) is 38.4 Å². The van der Waals surface area contributed by atoms with Crippen molar-refractivity contribution in [3.63, 3.8) is 0 Å². The molecule has 6 rings (SSSR count). The second-order valence-electron chi connectivity index (χ2n) is 7.74. The van der Waals surface area contributed by atoms with Gasteiger partial charge in [-0.05, 0) is 36.4 Å². The molecule has 1 amide bonds. The van der Waals surface area contributed by atoms with E-state index < -0.39 is 0 Å². The molecule has 8 nitrogen and oxygen atoms in total. The SMILES string of the molecule is O=C(c1cc(-c2ccco2)nn1-c1ccccc1)N1CCN(c2nc3cccnc3s2)CC1. The van der Waals surface area contributed by atoms with Crippen LogP contribution in [-0.4, -0.2) is 56.7 Å². The van der Waals surface area contributed by atoms with E-state index in [9.17, 15) is 4.79 Å². The van der Waals surface area contributed by atoms with Gasteiger partial charge in [-0.3, -0.25) is 4.79 Å². The predicted octanol–water partition coefficient (Wildman–Crippen LogP) is 4.10. The lowest BCUT2D eigenvalue weighted by Gasteiger charge is -2.34. The summed E-state index contributed by atoms with van der Waals surface area (Å²) in [7, 11) is 0. The summed E-state index contributed by atoms with van der Waals surface area (Å²) in [6.07, 6.45) is 3.39. The van der Waals surface area contributed by atoms with Crippen LogP contribution >= 0.6 is 11.3 Å². The molecular formula is C24H20N6O2S. The molecule has 0 saturated carbocycles. The predicted molar refractivity (Wildman–Crippen MR) is 127 cm³/mol. The smallest absolute Gasteiger partial charge is 0.272 e. The van der Waals surface area contributed by atoms with E-state index in [1.807, 2.05) is 59.5 Å². The number of furan rings is 1. The molecule has 1 saturated heterocycles. The number of para-hydroxylation sites is 1. The van der Waals surface area contributed by atoms with E-state index in [1.165, 1.54) is 0 Å². The Morgan fingerprint density at radius 2 is 1.82 bits per heavy atom. The van der Waals surface area contributed by atoms with Gasteiger partial charge in [-0.1, -0.05) is 29.5 Å². The molecule has 5 aromatic rings. The van der Waals surface area contributed by atoms with Crippen molar-refractivity contribution < 1.29 is 9.21 Å². The number of carbonyl (C=O) groups is 1. The van der Waals surface area contributed by atoms with Gasteiger partial charge in [0.05, 0.1) is 12.0 Å². The monoisotopic (exact) mass is 456 g/mol. The summed E-state index contributed by atoms with van der Waals surface area (Å²) in [6, 6.07) is 19.0. The number of carbonyl (C=O) groups excluding carboxylic acids is 1. The van der Waals surface area contributed by atoms with Crippen molar-refractivity contribution in [2.75, 3.05) is 31.1 Å². The van der Waals surface area contributed by atoms with Crippen molar-refractivity contribution >= 4 is 32.7 Å². The second kappa shape index (κ2) is 8.18. The summed E-state index contributed by atoms with van der Waals surface area (Å²) in [5, 5.41) is 5.62. The molecule has 0 aliphatic carbocycles. The number of amides is 1. The quantitative estimate of drug-likeness (QED) is 0.405. The molecule has 164 valence electrons. The maximum atomic E-state index is 13.6. The number of piperazine rings is 1. The number of rotatable bonds is 4. The summed E-state index contributed by atoms with van der Waals surface area (Å²) >= 11 is 1.59. The fourth-order valence-electron chi connectivity index (χ4n) is 4.00. The van der Waals surface area contributed by atoms with Crippen LogP contribution in [-0.2, 0) is 0 Å². The summed E-state index contributed by atoms with van der Waals surface area (Å²) in [5.74, 6) is 0.586. The van der Waals surface area contributed by atoms with Crippen LogP contribution in [0.15, 0.2) is 77.5 Å². The van der Waals surface area contributed by atoms with Gasteiger partial charge in [-0.25, -0.2) is 14.6 Å². The number of nitrogens with zero attached hydrogens (tertiary/aromatic N) is 6. The van der Waals surface area contributed by atoms with Crippen LogP contribution < -0.4 is 4.90 Å². The number of pyridine rings is 1. The van der Waals surface area contributed by atoms with Crippen LogP contribution in [0.5, 0.6) is 0 Å². The Kier molecular flexibility index (Phi) is 4.88. The maximum absolute atomic E-state index is 13.6. The van der Waals surface area contributed by atoms with E-state index in [4.69, 9.17) is 9.40 Å². The molecular weight excluding hydrogens is 436 g/mol. The minimum Gasteiger partial charge on any atom is -0.463 e. The third kappa shape index (κ3) is 3.66. The van der Waals surface area contributed by atoms with E-state index >= 15 is 0 Å². The van der Waals surface area contributed by atoms with Crippen LogP contribution in [0.2, 0.25) is 0 Å². The molecule has 1 fully saturated rings. The van der Waals surface area contributed by atoms with Gasteiger partial charge in [-0.2, -0.15) is 5.10 Å². The summed E-state index contributed by atoms with van der Waals surface area (Å²) < 4.78 is 7.22. The van der Waals surface area contributed by atoms with Crippen molar-refractivity contribution in [1.82, 2.24) is 24.6 Å². The maximum Gasteiger partial charge on any atom is 0.272 e. The van der Waals surface area contributed by atoms with Gasteiger partial charge in [0.1, 0.15) is 21.7 Å². The zero-order valence-electron chi connectivity index (χ0n) is 17.7. The molecule has 4 aromatic heterocycles. The lowest BCUT2D eigenvalue weighted by atomic mass is 10.2. The average molecular weight is 457 g/mol. The molecule has 0 radical (unpaired) electrons. The van der Waals surface area contributed by atoms with E-state index in [0.717, 1.165) is 34.3 Å². The van der Waals surface area contributed by atoms with E-state index in [-0.39, 0.29) is 5.91 Å². The Balaban J connectivity index is 1.25. The Labute approximate surface area is 193 Å². The number of anilines is 1. The van der Waals surface area contributed by atoms with Crippen molar-refractivity contribution in [2.24, 2.45) is 0 Å². The average Bonchev–Trinajstić information content (AvgIpc) is 3.63. The minimum atomic E-state index is -0.0465. The van der Waals surface area contributed by atoms with E-state index in [1.54, 1.807) is 34.5 Å². The molecule has 1 aliphatic heterocycles. The highest BCUT2D eigenvalue weighted by Gasteiger charge is 2.27. The van der Waals surface area contributed by atoms with Crippen molar-refractivity contribution in [2.45, 2.75) is 0 Å². The first kappa shape index (κ1) is 19.7. The Morgan fingerprint density at radius 1 is 0.970 bits per heavy atom. The number of aromatic nitrogens is 4.